The Labute approximate surface area is 193 Å². The van der Waals surface area contributed by atoms with E-state index in [1.807, 2.05) is 30.3 Å². The van der Waals surface area contributed by atoms with Crippen molar-refractivity contribution >= 4 is 58.3 Å². The van der Waals surface area contributed by atoms with E-state index >= 15 is 0 Å². The Morgan fingerprint density at radius 1 is 1.23 bits per heavy atom. The lowest BCUT2D eigenvalue weighted by Gasteiger charge is -2.44. The van der Waals surface area contributed by atoms with Gasteiger partial charge in [0.1, 0.15) is 36.8 Å². The number of amides is 1. The number of nitrogens with one attached hydrogen (secondary N) is 1. The molecule has 12 heteroatoms. The minimum absolute atomic E-state index is 0.104. The van der Waals surface area contributed by atoms with Crippen LogP contribution in [0.25, 0.3) is 0 Å². The summed E-state index contributed by atoms with van der Waals surface area (Å²) in [4.78, 5) is 23.6. The summed E-state index contributed by atoms with van der Waals surface area (Å²) in [5, 5.41) is 13.3. The summed E-state index contributed by atoms with van der Waals surface area (Å²) in [5.74, 6) is -1.99. The highest BCUT2D eigenvalue weighted by Gasteiger charge is 2.49. The van der Waals surface area contributed by atoms with Crippen LogP contribution in [0.4, 0.5) is 0 Å². The second-order valence-electron chi connectivity index (χ2n) is 6.34. The van der Waals surface area contributed by atoms with Crippen molar-refractivity contribution in [3.8, 4) is 0 Å². The SMILES string of the molecule is CO[C@H]1O[C@H](COC(=O)CCl)[C@@H](O)[C@@H](OCc2ccccc2)[C@@H]1NC(=O)C(Cl)(Cl)Cl. The first-order chi connectivity index (χ1) is 14.2. The van der Waals surface area contributed by atoms with Gasteiger partial charge in [-0.25, -0.2) is 0 Å². The molecule has 168 valence electrons. The molecule has 1 fully saturated rings. The predicted molar refractivity (Wildman–Crippen MR) is 111 cm³/mol. The molecule has 1 aromatic rings. The van der Waals surface area contributed by atoms with Crippen molar-refractivity contribution in [1.82, 2.24) is 5.32 Å². The lowest BCUT2D eigenvalue weighted by atomic mass is 9.96. The van der Waals surface area contributed by atoms with Crippen LogP contribution in [0.2, 0.25) is 0 Å². The molecule has 5 atom stereocenters. The van der Waals surface area contributed by atoms with E-state index in [0.717, 1.165) is 5.56 Å². The van der Waals surface area contributed by atoms with Crippen molar-refractivity contribution in [2.24, 2.45) is 0 Å². The first-order valence-electron chi connectivity index (χ1n) is 8.78. The van der Waals surface area contributed by atoms with Gasteiger partial charge in [0, 0.05) is 7.11 Å². The molecule has 1 aromatic carbocycles. The van der Waals surface area contributed by atoms with Gasteiger partial charge in [0.25, 0.3) is 9.70 Å². The molecule has 2 rings (SSSR count). The number of carbonyl (C=O) groups is 2. The zero-order chi connectivity index (χ0) is 22.3. The summed E-state index contributed by atoms with van der Waals surface area (Å²) in [6.07, 6.45) is -4.46. The number of halogens is 4. The molecule has 0 saturated carbocycles. The van der Waals surface area contributed by atoms with Gasteiger partial charge in [0.2, 0.25) is 0 Å². The summed E-state index contributed by atoms with van der Waals surface area (Å²) in [6, 6.07) is 8.12. The van der Waals surface area contributed by atoms with E-state index in [9.17, 15) is 14.7 Å². The molecule has 0 spiro atoms. The van der Waals surface area contributed by atoms with Crippen molar-refractivity contribution in [3.05, 3.63) is 35.9 Å². The number of hydrogen-bond donors (Lipinski definition) is 2. The number of esters is 1. The Balaban J connectivity index is 2.22. The topological polar surface area (TPSA) is 103 Å². The van der Waals surface area contributed by atoms with E-state index < -0.39 is 46.3 Å². The standard InChI is InChI=1S/C18H21Cl4NO7/c1-27-16-13(23-17(26)18(20,21)22)15(29-8-10-5-3-2-4-6-10)14(25)11(30-16)9-28-12(24)7-19/h2-6,11,13-16,25H,7-9H2,1H3,(H,23,26)/t11-,13+,14-,15+,16+/m1/s1. The fourth-order valence-corrected chi connectivity index (χ4v) is 3.06. The van der Waals surface area contributed by atoms with Gasteiger partial charge in [-0.3, -0.25) is 9.59 Å². The van der Waals surface area contributed by atoms with Crippen LogP contribution in [0.5, 0.6) is 0 Å². The average molecular weight is 505 g/mol. The quantitative estimate of drug-likeness (QED) is 0.412. The molecule has 8 nitrogen and oxygen atoms in total. The number of benzene rings is 1. The van der Waals surface area contributed by atoms with Crippen molar-refractivity contribution in [1.29, 1.82) is 0 Å². The number of carbonyl (C=O) groups excluding carboxylic acids is 2. The summed E-state index contributed by atoms with van der Waals surface area (Å²) in [5.41, 5.74) is 0.821. The molecule has 0 aromatic heterocycles. The first-order valence-corrected chi connectivity index (χ1v) is 10.4. The molecule has 1 saturated heterocycles. The highest BCUT2D eigenvalue weighted by molar-refractivity contribution is 6.76. The van der Waals surface area contributed by atoms with Crippen LogP contribution in [-0.4, -0.2) is 71.0 Å². The maximum atomic E-state index is 12.2. The minimum Gasteiger partial charge on any atom is -0.462 e. The molecular formula is C18H21Cl4NO7. The van der Waals surface area contributed by atoms with Crippen molar-refractivity contribution in [3.63, 3.8) is 0 Å². The maximum absolute atomic E-state index is 12.2. The zero-order valence-electron chi connectivity index (χ0n) is 15.8. The lowest BCUT2D eigenvalue weighted by molar-refractivity contribution is -0.272. The van der Waals surface area contributed by atoms with Gasteiger partial charge in [0.15, 0.2) is 6.29 Å². The molecule has 1 aliphatic rings. The van der Waals surface area contributed by atoms with Crippen LogP contribution in [0.3, 0.4) is 0 Å². The van der Waals surface area contributed by atoms with E-state index in [1.165, 1.54) is 7.11 Å². The second-order valence-corrected chi connectivity index (χ2v) is 8.89. The highest BCUT2D eigenvalue weighted by atomic mass is 35.6. The lowest BCUT2D eigenvalue weighted by Crippen LogP contribution is -2.66. The smallest absolute Gasteiger partial charge is 0.320 e. The van der Waals surface area contributed by atoms with Crippen LogP contribution < -0.4 is 5.32 Å². The Morgan fingerprint density at radius 2 is 1.90 bits per heavy atom. The van der Waals surface area contributed by atoms with Gasteiger partial charge in [-0.2, -0.15) is 0 Å². The predicted octanol–water partition coefficient (Wildman–Crippen LogP) is 1.94. The van der Waals surface area contributed by atoms with Crippen LogP contribution in [0.1, 0.15) is 5.56 Å². The van der Waals surface area contributed by atoms with Crippen molar-refractivity contribution < 1.29 is 33.6 Å². The average Bonchev–Trinajstić information content (AvgIpc) is 2.72. The Kier molecular flexibility index (Phi) is 9.90. The summed E-state index contributed by atoms with van der Waals surface area (Å²) >= 11 is 22.4. The fourth-order valence-electron chi connectivity index (χ4n) is 2.82. The van der Waals surface area contributed by atoms with Gasteiger partial charge in [-0.05, 0) is 5.56 Å². The van der Waals surface area contributed by atoms with Gasteiger partial charge < -0.3 is 29.4 Å². The number of methoxy groups -OCH3 is 1. The third-order valence-corrected chi connectivity index (χ3v) is 5.00. The number of alkyl halides is 4. The normalized spacial score (nSPS) is 26.8. The van der Waals surface area contributed by atoms with Gasteiger partial charge >= 0.3 is 5.97 Å². The van der Waals surface area contributed by atoms with Gasteiger partial charge in [-0.1, -0.05) is 65.1 Å². The molecule has 0 aliphatic carbocycles. The largest absolute Gasteiger partial charge is 0.462 e. The zero-order valence-corrected chi connectivity index (χ0v) is 18.8. The second kappa shape index (κ2) is 11.7. The van der Waals surface area contributed by atoms with E-state index in [2.05, 4.69) is 5.32 Å². The Bertz CT molecular complexity index is 704. The van der Waals surface area contributed by atoms with Crippen LogP contribution in [0.15, 0.2) is 30.3 Å². The molecule has 1 heterocycles. The number of aliphatic hydroxyl groups is 1. The minimum atomic E-state index is -2.25. The third kappa shape index (κ3) is 7.10. The molecule has 0 unspecified atom stereocenters. The fraction of sp³-hybridized carbons (Fsp3) is 0.556. The van der Waals surface area contributed by atoms with Gasteiger partial charge in [0.05, 0.1) is 6.61 Å². The molecule has 0 bridgehead atoms. The number of hydrogen-bond acceptors (Lipinski definition) is 7. The monoisotopic (exact) mass is 503 g/mol. The maximum Gasteiger partial charge on any atom is 0.320 e. The third-order valence-electron chi connectivity index (χ3n) is 4.26. The van der Waals surface area contributed by atoms with Crippen molar-refractivity contribution in [2.45, 2.75) is 41.0 Å². The molecule has 1 aliphatic heterocycles. The molecular weight excluding hydrogens is 484 g/mol. The van der Waals surface area contributed by atoms with Crippen LogP contribution in [0, 0.1) is 0 Å². The van der Waals surface area contributed by atoms with Crippen molar-refractivity contribution in [2.75, 3.05) is 19.6 Å². The van der Waals surface area contributed by atoms with Crippen LogP contribution in [-0.2, 0) is 35.1 Å². The molecule has 0 radical (unpaired) electrons. The highest BCUT2D eigenvalue weighted by Crippen LogP contribution is 2.29. The van der Waals surface area contributed by atoms with Crippen LogP contribution >= 0.6 is 46.4 Å². The van der Waals surface area contributed by atoms with Gasteiger partial charge in [-0.15, -0.1) is 11.6 Å². The number of ether oxygens (including phenoxy) is 4. The summed E-state index contributed by atoms with van der Waals surface area (Å²) in [7, 11) is 1.33. The van der Waals surface area contributed by atoms with E-state index in [4.69, 9.17) is 65.4 Å². The summed E-state index contributed by atoms with van der Waals surface area (Å²) in [6.45, 7) is -0.198. The van der Waals surface area contributed by atoms with E-state index in [1.54, 1.807) is 0 Å². The number of aliphatic hydroxyl groups excluding tert-OH is 1. The summed E-state index contributed by atoms with van der Waals surface area (Å²) < 4.78 is 19.5. The van der Waals surface area contributed by atoms with E-state index in [0.29, 0.717) is 0 Å². The Morgan fingerprint density at radius 3 is 2.47 bits per heavy atom. The molecule has 30 heavy (non-hydrogen) atoms. The number of rotatable bonds is 8. The Hall–Kier alpha value is -0.840. The first kappa shape index (κ1) is 25.4. The molecule has 2 N–H and O–H groups in total. The van der Waals surface area contributed by atoms with E-state index in [-0.39, 0.29) is 19.1 Å². The molecule has 1 amide bonds.